The number of anilines is 1. The molecule has 1 aromatic carbocycles. The van der Waals surface area contributed by atoms with E-state index in [4.69, 9.17) is 5.73 Å². The Morgan fingerprint density at radius 3 is 2.46 bits per heavy atom. The highest BCUT2D eigenvalue weighted by Crippen LogP contribution is 2.24. The summed E-state index contributed by atoms with van der Waals surface area (Å²) in [4.78, 5) is 9.01. The van der Waals surface area contributed by atoms with Gasteiger partial charge >= 0.3 is 0 Å². The van der Waals surface area contributed by atoms with Crippen LogP contribution in [0.1, 0.15) is 36.2 Å². The van der Waals surface area contributed by atoms with Crippen molar-refractivity contribution in [2.75, 3.05) is 11.9 Å². The van der Waals surface area contributed by atoms with Gasteiger partial charge in [0.05, 0.1) is 12.2 Å². The van der Waals surface area contributed by atoms with Crippen molar-refractivity contribution in [3.8, 4) is 0 Å². The SMILES string of the molecule is Cc1ccc(NC(N)=NCC(C)(C)c2ncccc2C)cc1C.I. The van der Waals surface area contributed by atoms with Crippen molar-refractivity contribution >= 4 is 35.6 Å². The molecule has 0 fully saturated rings. The van der Waals surface area contributed by atoms with Crippen LogP contribution in [0.25, 0.3) is 0 Å². The van der Waals surface area contributed by atoms with Crippen LogP contribution in [-0.4, -0.2) is 17.5 Å². The van der Waals surface area contributed by atoms with Gasteiger partial charge in [0.1, 0.15) is 0 Å². The van der Waals surface area contributed by atoms with Crippen molar-refractivity contribution in [1.82, 2.24) is 4.98 Å². The largest absolute Gasteiger partial charge is 0.370 e. The smallest absolute Gasteiger partial charge is 0.193 e. The standard InChI is InChI=1S/C19H26N4.HI/c1-13-8-9-16(11-15(13)3)23-18(20)22-12-19(4,5)17-14(2)7-6-10-21-17;/h6-11H,12H2,1-5H3,(H3,20,22,23);1H. The Kier molecular flexibility index (Phi) is 7.20. The molecular formula is C19H27IN4. The van der Waals surface area contributed by atoms with Crippen LogP contribution < -0.4 is 11.1 Å². The quantitative estimate of drug-likeness (QED) is 0.425. The molecule has 0 saturated carbocycles. The van der Waals surface area contributed by atoms with E-state index < -0.39 is 0 Å². The molecule has 0 saturated heterocycles. The van der Waals surface area contributed by atoms with Gasteiger partial charge in [-0.25, -0.2) is 0 Å². The first kappa shape index (κ1) is 20.4. The highest BCUT2D eigenvalue weighted by atomic mass is 127. The third kappa shape index (κ3) is 5.19. The molecule has 3 N–H and O–H groups in total. The maximum Gasteiger partial charge on any atom is 0.193 e. The number of halogens is 1. The molecule has 0 spiro atoms. The monoisotopic (exact) mass is 438 g/mol. The summed E-state index contributed by atoms with van der Waals surface area (Å²) in [6.07, 6.45) is 1.82. The summed E-state index contributed by atoms with van der Waals surface area (Å²) in [5, 5.41) is 3.16. The first-order chi connectivity index (χ1) is 10.8. The molecule has 0 amide bonds. The van der Waals surface area contributed by atoms with Gasteiger partial charge in [0.2, 0.25) is 0 Å². The Bertz CT molecular complexity index is 723. The van der Waals surface area contributed by atoms with Crippen molar-refractivity contribution in [3.63, 3.8) is 0 Å². The third-order valence-corrected chi connectivity index (χ3v) is 4.07. The first-order valence-corrected chi connectivity index (χ1v) is 7.86. The Balaban J connectivity index is 0.00000288. The average molecular weight is 438 g/mol. The van der Waals surface area contributed by atoms with Gasteiger partial charge in [-0.05, 0) is 55.7 Å². The fraction of sp³-hybridized carbons (Fsp3) is 0.368. The Hall–Kier alpha value is -1.63. The Morgan fingerprint density at radius 2 is 1.83 bits per heavy atom. The fourth-order valence-electron chi connectivity index (χ4n) is 2.56. The fourth-order valence-corrected chi connectivity index (χ4v) is 2.56. The Morgan fingerprint density at radius 1 is 1.12 bits per heavy atom. The maximum atomic E-state index is 6.04. The van der Waals surface area contributed by atoms with E-state index in [1.807, 2.05) is 18.3 Å². The van der Waals surface area contributed by atoms with Crippen LogP contribution in [0, 0.1) is 20.8 Å². The molecule has 2 aromatic rings. The summed E-state index contributed by atoms with van der Waals surface area (Å²) in [5.41, 5.74) is 11.6. The zero-order valence-electron chi connectivity index (χ0n) is 15.1. The minimum Gasteiger partial charge on any atom is -0.370 e. The number of benzene rings is 1. The molecule has 0 unspecified atom stereocenters. The van der Waals surface area contributed by atoms with Gasteiger partial charge in [0.15, 0.2) is 5.96 Å². The zero-order valence-corrected chi connectivity index (χ0v) is 17.4. The molecule has 0 aliphatic carbocycles. The van der Waals surface area contributed by atoms with Crippen LogP contribution in [0.15, 0.2) is 41.5 Å². The summed E-state index contributed by atoms with van der Waals surface area (Å²) < 4.78 is 0. The van der Waals surface area contributed by atoms with Crippen molar-refractivity contribution in [2.45, 2.75) is 40.0 Å². The van der Waals surface area contributed by atoms with E-state index in [2.05, 4.69) is 68.1 Å². The second-order valence-electron chi connectivity index (χ2n) is 6.68. The molecule has 130 valence electrons. The second-order valence-corrected chi connectivity index (χ2v) is 6.68. The number of hydrogen-bond acceptors (Lipinski definition) is 2. The summed E-state index contributed by atoms with van der Waals surface area (Å²) in [5.74, 6) is 0.426. The van der Waals surface area contributed by atoms with E-state index in [0.717, 1.165) is 11.4 Å². The lowest BCUT2D eigenvalue weighted by atomic mass is 9.86. The predicted octanol–water partition coefficient (Wildman–Crippen LogP) is 4.33. The number of aliphatic imine (C=N–C) groups is 1. The van der Waals surface area contributed by atoms with Gasteiger partial charge in [-0.3, -0.25) is 9.98 Å². The van der Waals surface area contributed by atoms with Gasteiger partial charge in [-0.15, -0.1) is 24.0 Å². The molecular weight excluding hydrogens is 411 g/mol. The Labute approximate surface area is 162 Å². The summed E-state index contributed by atoms with van der Waals surface area (Å²) >= 11 is 0. The van der Waals surface area contributed by atoms with Gasteiger partial charge in [0, 0.05) is 17.3 Å². The lowest BCUT2D eigenvalue weighted by molar-refractivity contribution is 0.519. The number of guanidine groups is 1. The lowest BCUT2D eigenvalue weighted by Crippen LogP contribution is -2.29. The van der Waals surface area contributed by atoms with E-state index in [9.17, 15) is 0 Å². The molecule has 4 nitrogen and oxygen atoms in total. The molecule has 0 atom stereocenters. The van der Waals surface area contributed by atoms with E-state index in [1.165, 1.54) is 16.7 Å². The maximum absolute atomic E-state index is 6.04. The third-order valence-electron chi connectivity index (χ3n) is 4.07. The molecule has 1 heterocycles. The number of aromatic nitrogens is 1. The molecule has 0 radical (unpaired) electrons. The van der Waals surface area contributed by atoms with Crippen molar-refractivity contribution in [2.24, 2.45) is 10.7 Å². The van der Waals surface area contributed by atoms with Crippen molar-refractivity contribution in [1.29, 1.82) is 0 Å². The number of rotatable bonds is 4. The van der Waals surface area contributed by atoms with Crippen LogP contribution in [-0.2, 0) is 5.41 Å². The molecule has 1 aromatic heterocycles. The number of nitrogens with zero attached hydrogens (tertiary/aromatic N) is 2. The van der Waals surface area contributed by atoms with Crippen LogP contribution in [0.4, 0.5) is 5.69 Å². The molecule has 24 heavy (non-hydrogen) atoms. The van der Waals surface area contributed by atoms with Gasteiger partial charge in [0.25, 0.3) is 0 Å². The number of pyridine rings is 1. The summed E-state index contributed by atoms with van der Waals surface area (Å²) in [6.45, 7) is 11.1. The summed E-state index contributed by atoms with van der Waals surface area (Å²) in [6, 6.07) is 10.2. The van der Waals surface area contributed by atoms with Crippen molar-refractivity contribution in [3.05, 3.63) is 58.9 Å². The van der Waals surface area contributed by atoms with Crippen molar-refractivity contribution < 1.29 is 0 Å². The second kappa shape index (κ2) is 8.46. The van der Waals surface area contributed by atoms with Crippen LogP contribution >= 0.6 is 24.0 Å². The molecule has 5 heteroatoms. The van der Waals surface area contributed by atoms with E-state index in [0.29, 0.717) is 12.5 Å². The highest BCUT2D eigenvalue weighted by molar-refractivity contribution is 14.0. The predicted molar refractivity (Wildman–Crippen MR) is 113 cm³/mol. The summed E-state index contributed by atoms with van der Waals surface area (Å²) in [7, 11) is 0. The average Bonchev–Trinajstić information content (AvgIpc) is 2.49. The van der Waals surface area contributed by atoms with E-state index >= 15 is 0 Å². The number of nitrogens with one attached hydrogen (secondary N) is 1. The van der Waals surface area contributed by atoms with Crippen LogP contribution in [0.2, 0.25) is 0 Å². The first-order valence-electron chi connectivity index (χ1n) is 7.86. The number of nitrogens with two attached hydrogens (primary N) is 1. The minimum absolute atomic E-state index is 0. The number of hydrogen-bond donors (Lipinski definition) is 2. The van der Waals surface area contributed by atoms with Crippen LogP contribution in [0.3, 0.4) is 0 Å². The van der Waals surface area contributed by atoms with Gasteiger partial charge in [-0.1, -0.05) is 26.0 Å². The van der Waals surface area contributed by atoms with E-state index in [-0.39, 0.29) is 29.4 Å². The molecule has 0 bridgehead atoms. The number of aryl methyl sites for hydroxylation is 3. The van der Waals surface area contributed by atoms with Gasteiger partial charge in [-0.2, -0.15) is 0 Å². The molecule has 2 rings (SSSR count). The van der Waals surface area contributed by atoms with Crippen LogP contribution in [0.5, 0.6) is 0 Å². The normalized spacial score (nSPS) is 11.8. The highest BCUT2D eigenvalue weighted by Gasteiger charge is 2.23. The topological polar surface area (TPSA) is 63.3 Å². The lowest BCUT2D eigenvalue weighted by Gasteiger charge is -2.23. The van der Waals surface area contributed by atoms with E-state index in [1.54, 1.807) is 0 Å². The molecule has 0 aliphatic rings. The minimum atomic E-state index is -0.166. The van der Waals surface area contributed by atoms with Gasteiger partial charge < -0.3 is 11.1 Å². The molecule has 0 aliphatic heterocycles. The zero-order chi connectivity index (χ0) is 17.0.